The smallest absolute Gasteiger partial charge is 0.0991 e. The molecule has 3 rings (SSSR count). The fourth-order valence-electron chi connectivity index (χ4n) is 3.09. The number of aliphatic hydroxyl groups excluding tert-OH is 2. The highest BCUT2D eigenvalue weighted by Crippen LogP contribution is 2.24. The molecule has 3 atom stereocenters. The van der Waals surface area contributed by atoms with Gasteiger partial charge in [0.1, 0.15) is 0 Å². The van der Waals surface area contributed by atoms with Gasteiger partial charge in [-0.05, 0) is 11.1 Å². The molecule has 4 nitrogen and oxygen atoms in total. The lowest BCUT2D eigenvalue weighted by Gasteiger charge is -2.23. The summed E-state index contributed by atoms with van der Waals surface area (Å²) in [6, 6.07) is 19.7. The number of hydrogen-bond donors (Lipinski definition) is 2. The Hall–Kier alpha value is -1.72. The molecule has 0 spiro atoms. The van der Waals surface area contributed by atoms with Crippen LogP contribution in [0.5, 0.6) is 0 Å². The monoisotopic (exact) mass is 313 g/mol. The summed E-state index contributed by atoms with van der Waals surface area (Å²) in [4.78, 5) is 2.09. The predicted octanol–water partition coefficient (Wildman–Crippen LogP) is 1.81. The van der Waals surface area contributed by atoms with Crippen molar-refractivity contribution in [1.29, 1.82) is 0 Å². The van der Waals surface area contributed by atoms with E-state index in [-0.39, 0.29) is 18.8 Å². The molecule has 1 saturated heterocycles. The number of benzene rings is 2. The number of aliphatic hydroxyl groups is 2. The molecule has 2 aromatic rings. The normalized spacial score (nSPS) is 24.9. The van der Waals surface area contributed by atoms with Crippen LogP contribution in [0.2, 0.25) is 0 Å². The minimum Gasteiger partial charge on any atom is -0.395 e. The third kappa shape index (κ3) is 3.98. The summed E-state index contributed by atoms with van der Waals surface area (Å²) in [7, 11) is 0. The molecule has 0 amide bonds. The quantitative estimate of drug-likeness (QED) is 0.854. The van der Waals surface area contributed by atoms with Crippen molar-refractivity contribution < 1.29 is 14.9 Å². The van der Waals surface area contributed by atoms with E-state index in [9.17, 15) is 10.2 Å². The van der Waals surface area contributed by atoms with Crippen LogP contribution in [0.3, 0.4) is 0 Å². The Morgan fingerprint density at radius 1 is 0.957 bits per heavy atom. The first kappa shape index (κ1) is 16.1. The molecular formula is C19H23NO3. The standard InChI is InChI=1S/C19H23NO3/c21-13-17-19(22)18(23-14-16-9-5-2-6-10-16)12-20(17)11-15-7-3-1-4-8-15/h1-10,17-19,21-22H,11-14H2/t17-,18+,19+/m1/s1. The number of rotatable bonds is 6. The van der Waals surface area contributed by atoms with Crippen molar-refractivity contribution in [3.05, 3.63) is 71.8 Å². The summed E-state index contributed by atoms with van der Waals surface area (Å²) < 4.78 is 5.90. The maximum absolute atomic E-state index is 10.4. The lowest BCUT2D eigenvalue weighted by molar-refractivity contribution is -0.0312. The highest BCUT2D eigenvalue weighted by Gasteiger charge is 2.40. The Morgan fingerprint density at radius 2 is 1.57 bits per heavy atom. The van der Waals surface area contributed by atoms with Crippen LogP contribution < -0.4 is 0 Å². The second kappa shape index (κ2) is 7.70. The van der Waals surface area contributed by atoms with Gasteiger partial charge >= 0.3 is 0 Å². The largest absolute Gasteiger partial charge is 0.395 e. The number of ether oxygens (including phenoxy) is 1. The van der Waals surface area contributed by atoms with Gasteiger partial charge in [-0.1, -0.05) is 60.7 Å². The molecule has 0 saturated carbocycles. The average Bonchev–Trinajstić information content (AvgIpc) is 2.89. The Bertz CT molecular complexity index is 590. The first-order chi connectivity index (χ1) is 11.3. The Kier molecular flexibility index (Phi) is 5.41. The molecule has 4 heteroatoms. The molecule has 1 fully saturated rings. The van der Waals surface area contributed by atoms with E-state index in [0.717, 1.165) is 5.56 Å². The van der Waals surface area contributed by atoms with Gasteiger partial charge in [0.2, 0.25) is 0 Å². The second-order valence-corrected chi connectivity index (χ2v) is 5.99. The van der Waals surface area contributed by atoms with E-state index in [4.69, 9.17) is 4.74 Å². The molecule has 1 aliphatic rings. The van der Waals surface area contributed by atoms with E-state index in [1.54, 1.807) is 0 Å². The van der Waals surface area contributed by atoms with Gasteiger partial charge < -0.3 is 14.9 Å². The average molecular weight is 313 g/mol. The summed E-state index contributed by atoms with van der Waals surface area (Å²) in [6.07, 6.45) is -0.955. The maximum atomic E-state index is 10.4. The second-order valence-electron chi connectivity index (χ2n) is 5.99. The van der Waals surface area contributed by atoms with Gasteiger partial charge in [-0.3, -0.25) is 4.90 Å². The lowest BCUT2D eigenvalue weighted by Crippen LogP contribution is -2.39. The third-order valence-corrected chi connectivity index (χ3v) is 4.38. The molecular weight excluding hydrogens is 290 g/mol. The van der Waals surface area contributed by atoms with Gasteiger partial charge in [-0.2, -0.15) is 0 Å². The van der Waals surface area contributed by atoms with Crippen LogP contribution in [0, 0.1) is 0 Å². The minimum atomic E-state index is -0.674. The van der Waals surface area contributed by atoms with Gasteiger partial charge in [0, 0.05) is 13.1 Å². The van der Waals surface area contributed by atoms with Gasteiger partial charge in [-0.15, -0.1) is 0 Å². The Balaban J connectivity index is 1.62. The van der Waals surface area contributed by atoms with E-state index in [1.807, 2.05) is 48.5 Å². The van der Waals surface area contributed by atoms with E-state index in [2.05, 4.69) is 17.0 Å². The van der Waals surface area contributed by atoms with E-state index < -0.39 is 6.10 Å². The van der Waals surface area contributed by atoms with Crippen LogP contribution in [-0.2, 0) is 17.9 Å². The van der Waals surface area contributed by atoms with Crippen LogP contribution in [0.4, 0.5) is 0 Å². The molecule has 2 aromatic carbocycles. The lowest BCUT2D eigenvalue weighted by atomic mass is 10.1. The first-order valence-corrected chi connectivity index (χ1v) is 8.00. The summed E-state index contributed by atoms with van der Waals surface area (Å²) in [5.74, 6) is 0. The van der Waals surface area contributed by atoms with Crippen molar-refractivity contribution in [1.82, 2.24) is 4.90 Å². The van der Waals surface area contributed by atoms with Crippen molar-refractivity contribution in [2.24, 2.45) is 0 Å². The van der Waals surface area contributed by atoms with Gasteiger partial charge in [-0.25, -0.2) is 0 Å². The maximum Gasteiger partial charge on any atom is 0.0991 e. The Morgan fingerprint density at radius 3 is 2.17 bits per heavy atom. The van der Waals surface area contributed by atoms with Crippen molar-refractivity contribution >= 4 is 0 Å². The molecule has 0 unspecified atom stereocenters. The van der Waals surface area contributed by atoms with E-state index in [0.29, 0.717) is 19.7 Å². The fourth-order valence-corrected chi connectivity index (χ4v) is 3.09. The zero-order chi connectivity index (χ0) is 16.1. The summed E-state index contributed by atoms with van der Waals surface area (Å²) in [6.45, 7) is 1.72. The highest BCUT2D eigenvalue weighted by molar-refractivity contribution is 5.16. The third-order valence-electron chi connectivity index (χ3n) is 4.38. The van der Waals surface area contributed by atoms with Crippen LogP contribution in [0.15, 0.2) is 60.7 Å². The summed E-state index contributed by atoms with van der Waals surface area (Å²) in [5, 5.41) is 20.1. The SMILES string of the molecule is OC[C@@H]1[C@H](O)[C@@H](OCc2ccccc2)CN1Cc1ccccc1. The number of nitrogens with zero attached hydrogens (tertiary/aromatic N) is 1. The van der Waals surface area contributed by atoms with Gasteiger partial charge in [0.25, 0.3) is 0 Å². The summed E-state index contributed by atoms with van der Waals surface area (Å²) >= 11 is 0. The molecule has 0 radical (unpaired) electrons. The van der Waals surface area contributed by atoms with Crippen LogP contribution in [0.25, 0.3) is 0 Å². The van der Waals surface area contributed by atoms with E-state index in [1.165, 1.54) is 5.56 Å². The predicted molar refractivity (Wildman–Crippen MR) is 88.8 cm³/mol. The molecule has 2 N–H and O–H groups in total. The molecule has 1 aliphatic heterocycles. The van der Waals surface area contributed by atoms with Crippen molar-refractivity contribution in [3.8, 4) is 0 Å². The minimum absolute atomic E-state index is 0.0702. The fraction of sp³-hybridized carbons (Fsp3) is 0.368. The first-order valence-electron chi connectivity index (χ1n) is 8.00. The number of likely N-dealkylation sites (tertiary alicyclic amines) is 1. The highest BCUT2D eigenvalue weighted by atomic mass is 16.5. The molecule has 122 valence electrons. The van der Waals surface area contributed by atoms with Crippen LogP contribution >= 0.6 is 0 Å². The van der Waals surface area contributed by atoms with E-state index >= 15 is 0 Å². The van der Waals surface area contributed by atoms with Crippen molar-refractivity contribution in [2.75, 3.05) is 13.2 Å². The zero-order valence-electron chi connectivity index (χ0n) is 13.1. The van der Waals surface area contributed by atoms with Crippen molar-refractivity contribution in [2.45, 2.75) is 31.4 Å². The molecule has 0 bridgehead atoms. The number of hydrogen-bond acceptors (Lipinski definition) is 4. The van der Waals surface area contributed by atoms with Gasteiger partial charge in [0.05, 0.1) is 31.5 Å². The van der Waals surface area contributed by atoms with Crippen LogP contribution in [0.1, 0.15) is 11.1 Å². The zero-order valence-corrected chi connectivity index (χ0v) is 13.1. The molecule has 0 aromatic heterocycles. The van der Waals surface area contributed by atoms with Crippen LogP contribution in [-0.4, -0.2) is 46.5 Å². The molecule has 23 heavy (non-hydrogen) atoms. The van der Waals surface area contributed by atoms with Crippen molar-refractivity contribution in [3.63, 3.8) is 0 Å². The molecule has 0 aliphatic carbocycles. The Labute approximate surface area is 136 Å². The molecule has 1 heterocycles. The topological polar surface area (TPSA) is 52.9 Å². The summed E-state index contributed by atoms with van der Waals surface area (Å²) in [5.41, 5.74) is 2.25. The van der Waals surface area contributed by atoms with Gasteiger partial charge in [0.15, 0.2) is 0 Å².